The van der Waals surface area contributed by atoms with Crippen molar-refractivity contribution in [3.8, 4) is 0 Å². The third-order valence-electron chi connectivity index (χ3n) is 5.25. The molecule has 0 saturated heterocycles. The van der Waals surface area contributed by atoms with Gasteiger partial charge >= 0.3 is 6.03 Å². The summed E-state index contributed by atoms with van der Waals surface area (Å²) in [5.41, 5.74) is 6.86. The summed E-state index contributed by atoms with van der Waals surface area (Å²) >= 11 is 1.60. The first kappa shape index (κ1) is 17.7. The number of urea groups is 1. The molecule has 0 spiro atoms. The van der Waals surface area contributed by atoms with Crippen LogP contribution in [0.1, 0.15) is 74.6 Å². The first-order chi connectivity index (χ1) is 11.7. The van der Waals surface area contributed by atoms with E-state index in [1.807, 2.05) is 0 Å². The van der Waals surface area contributed by atoms with Crippen LogP contribution in [0.3, 0.4) is 0 Å². The summed E-state index contributed by atoms with van der Waals surface area (Å²) < 4.78 is 3.05. The number of rotatable bonds is 7. The normalized spacial score (nSPS) is 15.5. The van der Waals surface area contributed by atoms with Crippen LogP contribution in [0, 0.1) is 0 Å². The highest BCUT2D eigenvalue weighted by molar-refractivity contribution is 7.98. The third kappa shape index (κ3) is 3.90. The van der Waals surface area contributed by atoms with Crippen LogP contribution in [0.15, 0.2) is 6.07 Å². The summed E-state index contributed by atoms with van der Waals surface area (Å²) in [6.45, 7) is 4.42. The molecule has 0 radical (unpaired) electrons. The van der Waals surface area contributed by atoms with Gasteiger partial charge in [0.05, 0.1) is 0 Å². The maximum Gasteiger partial charge on any atom is 0.329 e. The summed E-state index contributed by atoms with van der Waals surface area (Å²) in [6.07, 6.45) is 11.7. The van der Waals surface area contributed by atoms with Gasteiger partial charge in [0.25, 0.3) is 0 Å². The zero-order valence-corrected chi connectivity index (χ0v) is 15.9. The van der Waals surface area contributed by atoms with Gasteiger partial charge in [-0.2, -0.15) is 0 Å². The van der Waals surface area contributed by atoms with E-state index in [0.717, 1.165) is 31.4 Å². The molecule has 2 aliphatic carbocycles. The van der Waals surface area contributed by atoms with Crippen molar-refractivity contribution in [2.24, 2.45) is 0 Å². The van der Waals surface area contributed by atoms with Crippen molar-refractivity contribution in [2.75, 3.05) is 5.32 Å². The second-order valence-corrected chi connectivity index (χ2v) is 8.21. The molecule has 0 bridgehead atoms. The molecular weight excluding hydrogens is 316 g/mol. The number of hydrogen-bond donors (Lipinski definition) is 2. The maximum absolute atomic E-state index is 12.5. The molecule has 2 N–H and O–H groups in total. The molecule has 2 aliphatic rings. The van der Waals surface area contributed by atoms with E-state index in [0.29, 0.717) is 5.25 Å². The predicted octanol–water partition coefficient (Wildman–Crippen LogP) is 5.40. The molecule has 0 aliphatic heterocycles. The quantitative estimate of drug-likeness (QED) is 0.649. The minimum atomic E-state index is -0.0494. The Bertz CT molecular complexity index is 562. The van der Waals surface area contributed by atoms with Crippen molar-refractivity contribution in [3.05, 3.63) is 28.3 Å². The molecule has 4 heteroatoms. The molecule has 0 atom stereocenters. The lowest BCUT2D eigenvalue weighted by Gasteiger charge is -2.18. The van der Waals surface area contributed by atoms with Crippen molar-refractivity contribution in [1.29, 1.82) is 0 Å². The molecule has 2 amide bonds. The van der Waals surface area contributed by atoms with Gasteiger partial charge in [0.2, 0.25) is 0 Å². The fraction of sp³-hybridized carbons (Fsp3) is 0.650. The standard InChI is InChI=1S/C20H30N2OS/c1-3-7-16(8-4-2)24-22-20(23)21-19-17-11-5-9-14(17)13-15-10-6-12-18(15)19/h13,16H,3-12H2,1-2H3,(H2,21,22,23). The predicted molar refractivity (Wildman–Crippen MR) is 104 cm³/mol. The van der Waals surface area contributed by atoms with Gasteiger partial charge in [-0.1, -0.05) is 32.8 Å². The summed E-state index contributed by atoms with van der Waals surface area (Å²) in [7, 11) is 0. The molecule has 3 nitrogen and oxygen atoms in total. The molecule has 0 aromatic heterocycles. The molecular formula is C20H30N2OS. The Morgan fingerprint density at radius 1 is 1.04 bits per heavy atom. The number of benzene rings is 1. The minimum Gasteiger partial charge on any atom is -0.307 e. The van der Waals surface area contributed by atoms with E-state index in [-0.39, 0.29) is 6.03 Å². The Labute approximate surface area is 150 Å². The van der Waals surface area contributed by atoms with E-state index < -0.39 is 0 Å². The van der Waals surface area contributed by atoms with Crippen molar-refractivity contribution in [2.45, 2.75) is 83.3 Å². The fourth-order valence-electron chi connectivity index (χ4n) is 4.15. The molecule has 24 heavy (non-hydrogen) atoms. The van der Waals surface area contributed by atoms with Crippen LogP contribution in [0.5, 0.6) is 0 Å². The lowest BCUT2D eigenvalue weighted by Crippen LogP contribution is -2.26. The van der Waals surface area contributed by atoms with E-state index in [2.05, 4.69) is 30.0 Å². The van der Waals surface area contributed by atoms with Crippen LogP contribution < -0.4 is 10.0 Å². The monoisotopic (exact) mass is 346 g/mol. The average Bonchev–Trinajstić information content (AvgIpc) is 3.21. The highest BCUT2D eigenvalue weighted by Crippen LogP contribution is 2.38. The summed E-state index contributed by atoms with van der Waals surface area (Å²) in [5.74, 6) is 0. The van der Waals surface area contributed by atoms with E-state index >= 15 is 0 Å². The summed E-state index contributed by atoms with van der Waals surface area (Å²) in [6, 6.07) is 2.35. The first-order valence-electron chi connectivity index (χ1n) is 9.62. The van der Waals surface area contributed by atoms with Crippen LogP contribution >= 0.6 is 11.9 Å². The zero-order valence-electron chi connectivity index (χ0n) is 15.0. The molecule has 0 fully saturated rings. The van der Waals surface area contributed by atoms with Gasteiger partial charge in [0, 0.05) is 10.9 Å². The van der Waals surface area contributed by atoms with Gasteiger partial charge in [-0.05, 0) is 85.6 Å². The molecule has 1 aromatic rings. The second kappa shape index (κ2) is 8.28. The summed E-state index contributed by atoms with van der Waals surface area (Å²) in [4.78, 5) is 12.5. The topological polar surface area (TPSA) is 41.1 Å². The van der Waals surface area contributed by atoms with Gasteiger partial charge in [0.1, 0.15) is 0 Å². The van der Waals surface area contributed by atoms with Crippen molar-refractivity contribution < 1.29 is 4.79 Å². The van der Waals surface area contributed by atoms with Crippen LogP contribution in [0.2, 0.25) is 0 Å². The fourth-order valence-corrected chi connectivity index (χ4v) is 5.18. The number of fused-ring (bicyclic) bond motifs is 2. The van der Waals surface area contributed by atoms with Crippen LogP contribution in [0.4, 0.5) is 10.5 Å². The Balaban J connectivity index is 1.67. The Morgan fingerprint density at radius 2 is 1.62 bits per heavy atom. The Morgan fingerprint density at radius 3 is 2.17 bits per heavy atom. The highest BCUT2D eigenvalue weighted by Gasteiger charge is 2.25. The van der Waals surface area contributed by atoms with E-state index in [1.54, 1.807) is 11.9 Å². The van der Waals surface area contributed by atoms with E-state index in [9.17, 15) is 4.79 Å². The van der Waals surface area contributed by atoms with Gasteiger partial charge in [-0.15, -0.1) is 0 Å². The Kier molecular flexibility index (Phi) is 6.09. The zero-order chi connectivity index (χ0) is 16.9. The number of amides is 2. The number of anilines is 1. The first-order valence-corrected chi connectivity index (χ1v) is 10.5. The average molecular weight is 347 g/mol. The van der Waals surface area contributed by atoms with E-state index in [1.165, 1.54) is 60.8 Å². The number of carbonyl (C=O) groups is 1. The smallest absolute Gasteiger partial charge is 0.307 e. The molecule has 0 heterocycles. The molecule has 3 rings (SSSR count). The number of hydrogen-bond acceptors (Lipinski definition) is 2. The lowest BCUT2D eigenvalue weighted by molar-refractivity contribution is 0.257. The van der Waals surface area contributed by atoms with Gasteiger partial charge < -0.3 is 5.32 Å². The second-order valence-electron chi connectivity index (χ2n) is 7.11. The highest BCUT2D eigenvalue weighted by atomic mass is 32.2. The van der Waals surface area contributed by atoms with Crippen molar-refractivity contribution in [1.82, 2.24) is 4.72 Å². The van der Waals surface area contributed by atoms with Gasteiger partial charge in [0.15, 0.2) is 0 Å². The molecule has 1 aromatic carbocycles. The van der Waals surface area contributed by atoms with Crippen LogP contribution in [0.25, 0.3) is 0 Å². The number of nitrogens with one attached hydrogen (secondary N) is 2. The van der Waals surface area contributed by atoms with Crippen LogP contribution in [-0.2, 0) is 25.7 Å². The lowest BCUT2D eigenvalue weighted by atomic mass is 9.99. The van der Waals surface area contributed by atoms with E-state index in [4.69, 9.17) is 0 Å². The van der Waals surface area contributed by atoms with Crippen molar-refractivity contribution in [3.63, 3.8) is 0 Å². The molecule has 0 saturated carbocycles. The maximum atomic E-state index is 12.5. The molecule has 0 unspecified atom stereocenters. The summed E-state index contributed by atoms with van der Waals surface area (Å²) in [5, 5.41) is 3.74. The minimum absolute atomic E-state index is 0.0494. The Hall–Kier alpha value is -1.16. The SMILES string of the molecule is CCCC(CCC)SNC(=O)Nc1c2c(cc3c1CCC3)CCC2. The van der Waals surface area contributed by atoms with Gasteiger partial charge in [-0.3, -0.25) is 4.72 Å². The number of aryl methyl sites for hydroxylation is 2. The van der Waals surface area contributed by atoms with Crippen LogP contribution in [-0.4, -0.2) is 11.3 Å². The number of carbonyl (C=O) groups excluding carboxylic acids is 1. The van der Waals surface area contributed by atoms with Crippen molar-refractivity contribution >= 4 is 23.7 Å². The largest absolute Gasteiger partial charge is 0.329 e. The van der Waals surface area contributed by atoms with Gasteiger partial charge in [-0.25, -0.2) is 4.79 Å². The third-order valence-corrected chi connectivity index (χ3v) is 6.36. The molecule has 132 valence electrons.